The Balaban J connectivity index is 3.89. The van der Waals surface area contributed by atoms with Crippen LogP contribution in [0.25, 0.3) is 0 Å². The lowest BCUT2D eigenvalue weighted by molar-refractivity contribution is -0.161. The van der Waals surface area contributed by atoms with Crippen molar-refractivity contribution in [3.63, 3.8) is 0 Å². The van der Waals surface area contributed by atoms with Gasteiger partial charge >= 0.3 is 19.8 Å². The summed E-state index contributed by atoms with van der Waals surface area (Å²) in [7, 11) is -4.40. The Morgan fingerprint density at radius 1 is 0.378 bits per heavy atom. The van der Waals surface area contributed by atoms with Crippen LogP contribution in [0.5, 0.6) is 0 Å². The van der Waals surface area contributed by atoms with Crippen LogP contribution in [0, 0.1) is 0 Å². The molecule has 9 nitrogen and oxygen atoms in total. The van der Waals surface area contributed by atoms with Crippen molar-refractivity contribution in [3.05, 3.63) is 85.1 Å². The van der Waals surface area contributed by atoms with Crippen LogP contribution in [-0.4, -0.2) is 49.3 Å². The Bertz CT molecular complexity index is 1620. The molecule has 0 amide bonds. The monoisotopic (exact) mass is 1170 g/mol. The highest BCUT2D eigenvalue weighted by Crippen LogP contribution is 2.43. The zero-order chi connectivity index (χ0) is 59.4. The molecule has 476 valence electrons. The zero-order valence-electron chi connectivity index (χ0n) is 53.5. The third-order valence-electron chi connectivity index (χ3n) is 15.0. The maximum Gasteiger partial charge on any atom is 0.472 e. The zero-order valence-corrected chi connectivity index (χ0v) is 54.4. The van der Waals surface area contributed by atoms with E-state index < -0.39 is 26.5 Å². The number of carbonyl (C=O) groups excluding carboxylic acids is 2. The number of hydrogen-bond donors (Lipinski definition) is 2. The van der Waals surface area contributed by atoms with Crippen LogP contribution >= 0.6 is 7.82 Å². The van der Waals surface area contributed by atoms with Crippen molar-refractivity contribution in [1.82, 2.24) is 0 Å². The molecule has 0 aromatic heterocycles. The molecule has 3 N–H and O–H groups in total. The molecule has 0 saturated carbocycles. The lowest BCUT2D eigenvalue weighted by atomic mass is 10.0. The van der Waals surface area contributed by atoms with E-state index in [1.54, 1.807) is 0 Å². The van der Waals surface area contributed by atoms with Crippen molar-refractivity contribution in [2.45, 2.75) is 335 Å². The van der Waals surface area contributed by atoms with Crippen LogP contribution < -0.4 is 5.73 Å². The van der Waals surface area contributed by atoms with Gasteiger partial charge in [-0.25, -0.2) is 4.57 Å². The van der Waals surface area contributed by atoms with E-state index >= 15 is 0 Å². The second kappa shape index (κ2) is 67.3. The highest BCUT2D eigenvalue weighted by Gasteiger charge is 2.26. The van der Waals surface area contributed by atoms with Crippen LogP contribution in [0.15, 0.2) is 85.1 Å². The highest BCUT2D eigenvalue weighted by atomic mass is 31.2. The molecule has 0 aromatic carbocycles. The SMILES string of the molecule is CC/C=C\C/C=C\C/C=C\C/C=C\C/C=C\C/C=C\C/C=C\CCCCCCCC(=O)OC(COC(=O)CCCCCCCCCCCCCCCCCCCCCCCCCCCCCCCCCCCC)COP(=O)(O)OCCN. The standard InChI is InChI=1S/C72H130NO8P/c1-3-5-7-9-11-13-15-17-19-21-23-25-27-29-31-32-33-34-35-36-37-39-40-42-44-46-48-50-52-54-56-58-60-62-64-71(74)78-68-70(69-80-82(76,77)79-67-66-73)81-72(75)65-63-61-59-57-55-53-51-49-47-45-43-41-38-30-28-26-24-22-20-18-16-14-12-10-8-6-4-2/h6,8,12,14,18,20,24,26,30,38,43,45,49,51,70H,3-5,7,9-11,13,15-17,19,21-23,25,27-29,31-37,39-42,44,46-48,50,52-69,73H2,1-2H3,(H,76,77)/b8-6-,14-12-,20-18-,26-24-,38-30-,45-43-,51-49-. The number of ether oxygens (including phenoxy) is 2. The molecule has 2 unspecified atom stereocenters. The van der Waals surface area contributed by atoms with E-state index in [-0.39, 0.29) is 38.6 Å². The summed E-state index contributed by atoms with van der Waals surface area (Å²) >= 11 is 0. The fourth-order valence-electron chi connectivity index (χ4n) is 9.97. The Morgan fingerprint density at radius 3 is 1.00 bits per heavy atom. The van der Waals surface area contributed by atoms with Gasteiger partial charge in [0.25, 0.3) is 0 Å². The number of allylic oxidation sites excluding steroid dienone is 14. The van der Waals surface area contributed by atoms with Crippen molar-refractivity contribution in [3.8, 4) is 0 Å². The number of rotatable bonds is 65. The molecule has 2 atom stereocenters. The first-order valence-corrected chi connectivity index (χ1v) is 36.1. The molecule has 0 aliphatic carbocycles. The highest BCUT2D eigenvalue weighted by molar-refractivity contribution is 7.47. The van der Waals surface area contributed by atoms with Crippen LogP contribution in [0.1, 0.15) is 328 Å². The molecule has 0 spiro atoms. The molecule has 82 heavy (non-hydrogen) atoms. The molecule has 0 heterocycles. The lowest BCUT2D eigenvalue weighted by Crippen LogP contribution is -2.29. The summed E-state index contributed by atoms with van der Waals surface area (Å²) in [6.45, 7) is 3.65. The Kier molecular flexibility index (Phi) is 65.0. The summed E-state index contributed by atoms with van der Waals surface area (Å²) in [6.07, 6.45) is 89.7. The van der Waals surface area contributed by atoms with Crippen molar-refractivity contribution < 1.29 is 37.6 Å². The van der Waals surface area contributed by atoms with Gasteiger partial charge < -0.3 is 20.1 Å². The van der Waals surface area contributed by atoms with E-state index in [1.165, 1.54) is 199 Å². The fraction of sp³-hybridized carbons (Fsp3) is 0.778. The first-order valence-electron chi connectivity index (χ1n) is 34.6. The Morgan fingerprint density at radius 2 is 0.671 bits per heavy atom. The average molecular weight is 1170 g/mol. The minimum absolute atomic E-state index is 0.0471. The van der Waals surface area contributed by atoms with Gasteiger partial charge in [0.1, 0.15) is 6.61 Å². The van der Waals surface area contributed by atoms with Crippen molar-refractivity contribution in [2.75, 3.05) is 26.4 Å². The Hall–Kier alpha value is -2.81. The van der Waals surface area contributed by atoms with Crippen molar-refractivity contribution >= 4 is 19.8 Å². The van der Waals surface area contributed by atoms with E-state index in [2.05, 4.69) is 98.9 Å². The quantitative estimate of drug-likeness (QED) is 0.0264. The van der Waals surface area contributed by atoms with Crippen LogP contribution in [0.4, 0.5) is 0 Å². The molecule has 0 rings (SSSR count). The number of nitrogens with two attached hydrogens (primary N) is 1. The Labute approximate surface area is 506 Å². The minimum Gasteiger partial charge on any atom is -0.462 e. The van der Waals surface area contributed by atoms with Gasteiger partial charge in [0.05, 0.1) is 13.2 Å². The fourth-order valence-corrected chi connectivity index (χ4v) is 10.7. The van der Waals surface area contributed by atoms with Gasteiger partial charge in [-0.05, 0) is 70.6 Å². The van der Waals surface area contributed by atoms with E-state index in [0.717, 1.165) is 96.3 Å². The van der Waals surface area contributed by atoms with E-state index in [0.29, 0.717) is 6.42 Å². The maximum atomic E-state index is 12.7. The second-order valence-corrected chi connectivity index (χ2v) is 24.5. The number of carbonyl (C=O) groups is 2. The largest absolute Gasteiger partial charge is 0.472 e. The average Bonchev–Trinajstić information content (AvgIpc) is 3.49. The molecule has 0 bridgehead atoms. The molecule has 0 saturated heterocycles. The normalized spacial score (nSPS) is 13.5. The third kappa shape index (κ3) is 66.3. The summed E-state index contributed by atoms with van der Waals surface area (Å²) in [4.78, 5) is 35.3. The number of phosphoric ester groups is 1. The molecule has 0 fully saturated rings. The maximum absolute atomic E-state index is 12.7. The number of unbranched alkanes of at least 4 members (excludes halogenated alkanes) is 38. The molecular weight excluding hydrogens is 1040 g/mol. The molecule has 0 aliphatic heterocycles. The first-order chi connectivity index (χ1) is 40.3. The number of phosphoric acid groups is 1. The molecule has 10 heteroatoms. The van der Waals surface area contributed by atoms with Gasteiger partial charge in [0.15, 0.2) is 6.10 Å². The predicted octanol–water partition coefficient (Wildman–Crippen LogP) is 22.6. The van der Waals surface area contributed by atoms with E-state index in [9.17, 15) is 19.0 Å². The van der Waals surface area contributed by atoms with Gasteiger partial charge in [-0.1, -0.05) is 330 Å². The number of esters is 2. The van der Waals surface area contributed by atoms with Crippen LogP contribution in [0.3, 0.4) is 0 Å². The minimum atomic E-state index is -4.40. The lowest BCUT2D eigenvalue weighted by Gasteiger charge is -2.19. The summed E-state index contributed by atoms with van der Waals surface area (Å²) in [5, 5.41) is 0. The second-order valence-electron chi connectivity index (χ2n) is 23.0. The number of hydrogen-bond acceptors (Lipinski definition) is 8. The predicted molar refractivity (Wildman–Crippen MR) is 353 cm³/mol. The first kappa shape index (κ1) is 79.2. The van der Waals surface area contributed by atoms with Gasteiger partial charge in [-0.3, -0.25) is 18.6 Å². The molecule has 0 aliphatic rings. The summed E-state index contributed by atoms with van der Waals surface area (Å²) in [6, 6.07) is 0. The molecular formula is C72H130NO8P. The summed E-state index contributed by atoms with van der Waals surface area (Å²) in [5.74, 6) is -0.841. The van der Waals surface area contributed by atoms with Crippen molar-refractivity contribution in [1.29, 1.82) is 0 Å². The van der Waals surface area contributed by atoms with Crippen LogP contribution in [-0.2, 0) is 32.7 Å². The van der Waals surface area contributed by atoms with Crippen LogP contribution in [0.2, 0.25) is 0 Å². The van der Waals surface area contributed by atoms with E-state index in [1.807, 2.05) is 0 Å². The van der Waals surface area contributed by atoms with Gasteiger partial charge in [-0.2, -0.15) is 0 Å². The summed E-state index contributed by atoms with van der Waals surface area (Å²) in [5.41, 5.74) is 5.40. The van der Waals surface area contributed by atoms with Gasteiger partial charge in [0.2, 0.25) is 0 Å². The smallest absolute Gasteiger partial charge is 0.462 e. The third-order valence-corrected chi connectivity index (χ3v) is 16.0. The van der Waals surface area contributed by atoms with E-state index in [4.69, 9.17) is 24.3 Å². The van der Waals surface area contributed by atoms with Gasteiger partial charge in [0, 0.05) is 19.4 Å². The van der Waals surface area contributed by atoms with Gasteiger partial charge in [-0.15, -0.1) is 0 Å². The topological polar surface area (TPSA) is 134 Å². The summed E-state index contributed by atoms with van der Waals surface area (Å²) < 4.78 is 33.1. The van der Waals surface area contributed by atoms with Crippen molar-refractivity contribution in [2.24, 2.45) is 5.73 Å². The molecule has 0 aromatic rings. The molecule has 0 radical (unpaired) electrons.